The first-order chi connectivity index (χ1) is 19.4. The molecule has 0 unspecified atom stereocenters. The number of fused-ring (bicyclic) bond motifs is 3. The predicted molar refractivity (Wildman–Crippen MR) is 169 cm³/mol. The van der Waals surface area contributed by atoms with Crippen LogP contribution >= 0.6 is 11.3 Å². The minimum atomic E-state index is -1.30. The van der Waals surface area contributed by atoms with Gasteiger partial charge in [0.15, 0.2) is 0 Å². The molecule has 7 heteroatoms. The molecular formula is C34H32FIrN3SSi-2. The minimum Gasteiger partial charge on any atom is -0.305 e. The molecule has 0 aliphatic rings. The van der Waals surface area contributed by atoms with Gasteiger partial charge in [-0.1, -0.05) is 68.7 Å². The molecular weight excluding hydrogens is 722 g/mol. The predicted octanol–water partition coefficient (Wildman–Crippen LogP) is 8.97. The summed E-state index contributed by atoms with van der Waals surface area (Å²) in [6.45, 7) is 12.7. The minimum absolute atomic E-state index is 0. The molecule has 0 amide bonds. The van der Waals surface area contributed by atoms with Gasteiger partial charge in [-0.25, -0.2) is 4.98 Å². The van der Waals surface area contributed by atoms with Gasteiger partial charge < -0.3 is 9.97 Å². The molecule has 0 atom stereocenters. The Hall–Kier alpha value is -3.09. The molecule has 4 aromatic heterocycles. The first-order valence-corrected chi connectivity index (χ1v) is 17.5. The van der Waals surface area contributed by atoms with Crippen molar-refractivity contribution in [3.8, 4) is 22.5 Å². The summed E-state index contributed by atoms with van der Waals surface area (Å²) in [5.74, 6) is -0.919. The maximum atomic E-state index is 12.8. The Bertz CT molecular complexity index is 1830. The summed E-state index contributed by atoms with van der Waals surface area (Å²) in [4.78, 5) is 14.7. The van der Waals surface area contributed by atoms with Crippen LogP contribution < -0.4 is 5.19 Å². The smallest absolute Gasteiger partial charge is 0.113 e. The van der Waals surface area contributed by atoms with Crippen molar-refractivity contribution in [2.75, 3.05) is 0 Å². The van der Waals surface area contributed by atoms with Gasteiger partial charge in [0.25, 0.3) is 0 Å². The van der Waals surface area contributed by atoms with Gasteiger partial charge in [-0.15, -0.1) is 53.6 Å². The van der Waals surface area contributed by atoms with Crippen molar-refractivity contribution in [1.29, 1.82) is 0 Å². The van der Waals surface area contributed by atoms with E-state index in [9.17, 15) is 4.39 Å². The third kappa shape index (κ3) is 7.04. The third-order valence-corrected chi connectivity index (χ3v) is 9.87. The van der Waals surface area contributed by atoms with E-state index in [0.29, 0.717) is 0 Å². The van der Waals surface area contributed by atoms with E-state index < -0.39 is 14.0 Å². The number of halogens is 1. The Morgan fingerprint density at radius 3 is 2.39 bits per heavy atom. The number of aromatic nitrogens is 3. The molecule has 6 rings (SSSR count). The zero-order valence-corrected chi connectivity index (χ0v) is 28.2. The number of benzene rings is 2. The number of hydrogen-bond donors (Lipinski definition) is 0. The third-order valence-electron chi connectivity index (χ3n) is 6.71. The molecule has 0 saturated carbocycles. The molecule has 0 N–H and O–H groups in total. The molecule has 0 bridgehead atoms. The second-order valence-electron chi connectivity index (χ2n) is 11.0. The Labute approximate surface area is 261 Å². The quantitative estimate of drug-likeness (QED) is 0.133. The van der Waals surface area contributed by atoms with Gasteiger partial charge in [0.1, 0.15) is 4.83 Å². The fourth-order valence-corrected chi connectivity index (χ4v) is 6.60. The Kier molecular flexibility index (Phi) is 9.20. The molecule has 211 valence electrons. The average Bonchev–Trinajstić information content (AvgIpc) is 3.31. The average molecular weight is 755 g/mol. The van der Waals surface area contributed by atoms with Crippen molar-refractivity contribution in [3.63, 3.8) is 0 Å². The molecule has 0 spiro atoms. The maximum Gasteiger partial charge on any atom is 0.113 e. The SMILES string of the molecule is C[Si](C)(C)c1ccc(-c2[c-]cc(F)cc2)nc1.[2H]C(C)(C)c1ccnc(-c2[c-]ccc3c2sc2nc(C)ccc23)c1.[Ir]. The molecule has 41 heavy (non-hydrogen) atoms. The largest absolute Gasteiger partial charge is 0.305 e. The van der Waals surface area contributed by atoms with Crippen molar-refractivity contribution in [2.45, 2.75) is 46.3 Å². The number of nitrogens with zero attached hydrogens (tertiary/aromatic N) is 3. The summed E-state index contributed by atoms with van der Waals surface area (Å²) in [6, 6.07) is 26.9. The fraction of sp³-hybridized carbons (Fsp3) is 0.206. The van der Waals surface area contributed by atoms with E-state index in [0.717, 1.165) is 43.3 Å². The van der Waals surface area contributed by atoms with E-state index in [2.05, 4.69) is 64.9 Å². The number of rotatable bonds is 4. The van der Waals surface area contributed by atoms with Gasteiger partial charge in [0, 0.05) is 45.4 Å². The second-order valence-corrected chi connectivity index (χ2v) is 17.1. The van der Waals surface area contributed by atoms with Crippen molar-refractivity contribution < 1.29 is 25.9 Å². The monoisotopic (exact) mass is 755 g/mol. The van der Waals surface area contributed by atoms with E-state index in [4.69, 9.17) is 1.37 Å². The fourth-order valence-electron chi connectivity index (χ4n) is 4.35. The van der Waals surface area contributed by atoms with Gasteiger partial charge in [-0.3, -0.25) is 4.39 Å². The van der Waals surface area contributed by atoms with E-state index in [1.54, 1.807) is 23.6 Å². The summed E-state index contributed by atoms with van der Waals surface area (Å²) in [5, 5.41) is 3.68. The van der Waals surface area contributed by atoms with Crippen LogP contribution in [0.1, 0.15) is 32.4 Å². The standard InChI is InChI=1S/C20H17N2S.C14H15FNSi.Ir/c1-12(2)14-9-10-21-18(11-14)17-6-4-5-15-16-8-7-13(3)22-20(16)23-19(15)17;1-17(2,3)13-8-9-14(16-10-13)11-4-6-12(15)7-5-11;/h4-5,7-12H,1-3H3;4,6-10H,1-3H3;/q2*-1;/i12D;;. The van der Waals surface area contributed by atoms with Crippen LogP contribution in [0.4, 0.5) is 4.39 Å². The van der Waals surface area contributed by atoms with Crippen LogP contribution in [-0.4, -0.2) is 23.0 Å². The molecule has 0 aliphatic heterocycles. The van der Waals surface area contributed by atoms with E-state index in [-0.39, 0.29) is 25.9 Å². The van der Waals surface area contributed by atoms with E-state index >= 15 is 0 Å². The Balaban J connectivity index is 0.000000200. The molecule has 0 saturated heterocycles. The molecule has 0 aliphatic carbocycles. The second kappa shape index (κ2) is 12.8. The van der Waals surface area contributed by atoms with Crippen molar-refractivity contribution in [3.05, 3.63) is 108 Å². The molecule has 2 aromatic carbocycles. The van der Waals surface area contributed by atoms with Crippen LogP contribution in [0.25, 0.3) is 42.8 Å². The molecule has 1 radical (unpaired) electrons. The van der Waals surface area contributed by atoms with Crippen LogP contribution in [0.3, 0.4) is 0 Å². The molecule has 0 fully saturated rings. The van der Waals surface area contributed by atoms with Gasteiger partial charge in [0.2, 0.25) is 0 Å². The van der Waals surface area contributed by atoms with Crippen molar-refractivity contribution in [2.24, 2.45) is 0 Å². The van der Waals surface area contributed by atoms with Crippen molar-refractivity contribution in [1.82, 2.24) is 15.0 Å². The summed E-state index contributed by atoms with van der Waals surface area (Å²) in [6.07, 6.45) is 3.71. The van der Waals surface area contributed by atoms with Crippen molar-refractivity contribution >= 4 is 44.9 Å². The van der Waals surface area contributed by atoms with E-state index in [1.165, 1.54) is 28.1 Å². The summed E-state index contributed by atoms with van der Waals surface area (Å²) < 4.78 is 22.2. The van der Waals surface area contributed by atoms with E-state index in [1.807, 2.05) is 57.3 Å². The van der Waals surface area contributed by atoms with Crippen LogP contribution in [0.5, 0.6) is 0 Å². The van der Waals surface area contributed by atoms with Gasteiger partial charge in [-0.05, 0) is 51.6 Å². The molecule has 6 aromatic rings. The van der Waals surface area contributed by atoms with Gasteiger partial charge >= 0.3 is 0 Å². The first-order valence-electron chi connectivity index (χ1n) is 13.7. The number of pyridine rings is 3. The van der Waals surface area contributed by atoms with Crippen LogP contribution in [0, 0.1) is 24.9 Å². The first kappa shape index (κ1) is 29.4. The number of thiophene rings is 1. The number of aryl methyl sites for hydroxylation is 1. The topological polar surface area (TPSA) is 38.7 Å². The van der Waals surface area contributed by atoms with Gasteiger partial charge in [-0.2, -0.15) is 11.3 Å². The Morgan fingerprint density at radius 2 is 1.73 bits per heavy atom. The Morgan fingerprint density at radius 1 is 0.927 bits per heavy atom. The molecule has 3 nitrogen and oxygen atoms in total. The zero-order valence-electron chi connectivity index (χ0n) is 25.0. The molecule has 4 heterocycles. The van der Waals surface area contributed by atoms with Gasteiger partial charge in [0.05, 0.1) is 8.07 Å². The zero-order chi connectivity index (χ0) is 29.4. The summed E-state index contributed by atoms with van der Waals surface area (Å²) in [5.41, 5.74) is 5.49. The maximum absolute atomic E-state index is 12.8. The van der Waals surface area contributed by atoms with Crippen LogP contribution in [-0.2, 0) is 20.1 Å². The summed E-state index contributed by atoms with van der Waals surface area (Å²) >= 11 is 1.68. The number of hydrogen-bond acceptors (Lipinski definition) is 4. The normalized spacial score (nSPS) is 11.9. The van der Waals surface area contributed by atoms with Crippen LogP contribution in [0.2, 0.25) is 19.6 Å². The van der Waals surface area contributed by atoms with Crippen LogP contribution in [0.15, 0.2) is 79.1 Å². The summed E-state index contributed by atoms with van der Waals surface area (Å²) in [7, 11) is -1.30.